The van der Waals surface area contributed by atoms with Gasteiger partial charge in [-0.05, 0) is 25.3 Å². The van der Waals surface area contributed by atoms with Gasteiger partial charge >= 0.3 is 0 Å². The van der Waals surface area contributed by atoms with Gasteiger partial charge in [0.05, 0.1) is 5.60 Å². The molecule has 1 aliphatic carbocycles. The summed E-state index contributed by atoms with van der Waals surface area (Å²) in [4.78, 5) is 6.44. The highest BCUT2D eigenvalue weighted by molar-refractivity contribution is 5.53. The Morgan fingerprint density at radius 3 is 2.84 bits per heavy atom. The van der Waals surface area contributed by atoms with E-state index in [1.54, 1.807) is 0 Å². The largest absolute Gasteiger partial charge is 0.388 e. The number of likely N-dealkylation sites (N-methyl/N-ethyl adjacent to an activating group) is 1. The maximum absolute atomic E-state index is 10.5. The zero-order valence-corrected chi connectivity index (χ0v) is 12.0. The topological polar surface area (TPSA) is 48.4 Å². The van der Waals surface area contributed by atoms with E-state index in [0.717, 1.165) is 50.2 Å². The van der Waals surface area contributed by atoms with Crippen molar-refractivity contribution >= 4 is 11.5 Å². The maximum Gasteiger partial charge on any atom is 0.127 e. The molecule has 19 heavy (non-hydrogen) atoms. The number of rotatable bonds is 6. The summed E-state index contributed by atoms with van der Waals surface area (Å²) in [5, 5.41) is 13.8. The molecule has 4 nitrogen and oxygen atoms in total. The first-order valence-corrected chi connectivity index (χ1v) is 7.26. The smallest absolute Gasteiger partial charge is 0.127 e. The number of aliphatic hydroxyl groups is 1. The fourth-order valence-electron chi connectivity index (χ4n) is 2.73. The number of nitrogens with zero attached hydrogens (tertiary/aromatic N) is 2. The summed E-state index contributed by atoms with van der Waals surface area (Å²) in [7, 11) is 2.04. The van der Waals surface area contributed by atoms with Gasteiger partial charge in [0.25, 0.3) is 0 Å². The summed E-state index contributed by atoms with van der Waals surface area (Å²) in [5.74, 6) is 0.907. The van der Waals surface area contributed by atoms with Crippen molar-refractivity contribution in [3.63, 3.8) is 0 Å². The molecule has 1 aromatic rings. The van der Waals surface area contributed by atoms with Crippen molar-refractivity contribution in [2.75, 3.05) is 30.4 Å². The van der Waals surface area contributed by atoms with Gasteiger partial charge in [-0.25, -0.2) is 4.98 Å². The fourth-order valence-corrected chi connectivity index (χ4v) is 2.73. The molecule has 1 aromatic heterocycles. The zero-order chi connectivity index (χ0) is 13.7. The van der Waals surface area contributed by atoms with Gasteiger partial charge in [0, 0.05) is 38.1 Å². The second kappa shape index (κ2) is 6.24. The highest BCUT2D eigenvalue weighted by Gasteiger charge is 2.32. The van der Waals surface area contributed by atoms with Gasteiger partial charge < -0.3 is 15.3 Å². The van der Waals surface area contributed by atoms with Crippen LogP contribution in [0.3, 0.4) is 0 Å². The number of aromatic nitrogens is 1. The molecule has 0 saturated heterocycles. The number of nitrogens with one attached hydrogen (secondary N) is 1. The lowest BCUT2D eigenvalue weighted by Crippen LogP contribution is -2.39. The predicted molar refractivity (Wildman–Crippen MR) is 79.7 cm³/mol. The molecule has 4 heteroatoms. The van der Waals surface area contributed by atoms with Crippen LogP contribution in [-0.2, 0) is 0 Å². The zero-order valence-electron chi connectivity index (χ0n) is 12.0. The number of hydrogen-bond donors (Lipinski definition) is 2. The van der Waals surface area contributed by atoms with Crippen LogP contribution in [0, 0.1) is 0 Å². The van der Waals surface area contributed by atoms with Crippen molar-refractivity contribution in [3.8, 4) is 0 Å². The summed E-state index contributed by atoms with van der Waals surface area (Å²) >= 11 is 0. The highest BCUT2D eigenvalue weighted by atomic mass is 16.3. The van der Waals surface area contributed by atoms with Crippen LogP contribution in [0.1, 0.15) is 39.0 Å². The second-order valence-corrected chi connectivity index (χ2v) is 5.61. The molecule has 0 radical (unpaired) electrons. The van der Waals surface area contributed by atoms with E-state index in [2.05, 4.69) is 22.1 Å². The van der Waals surface area contributed by atoms with Crippen LogP contribution in [0.15, 0.2) is 18.3 Å². The second-order valence-electron chi connectivity index (χ2n) is 5.61. The molecule has 2 rings (SSSR count). The van der Waals surface area contributed by atoms with Crippen molar-refractivity contribution < 1.29 is 5.11 Å². The van der Waals surface area contributed by atoms with Gasteiger partial charge in [-0.2, -0.15) is 0 Å². The molecule has 0 bridgehead atoms. The van der Waals surface area contributed by atoms with Gasteiger partial charge in [0.2, 0.25) is 0 Å². The van der Waals surface area contributed by atoms with E-state index in [1.807, 2.05) is 25.4 Å². The Morgan fingerprint density at radius 1 is 1.42 bits per heavy atom. The molecule has 1 heterocycles. The average molecular weight is 263 g/mol. The predicted octanol–water partition coefficient (Wildman–Crippen LogP) is 2.64. The monoisotopic (exact) mass is 263 g/mol. The third kappa shape index (κ3) is 3.83. The molecule has 0 amide bonds. The van der Waals surface area contributed by atoms with Gasteiger partial charge in [-0.1, -0.05) is 19.8 Å². The lowest BCUT2D eigenvalue weighted by Gasteiger charge is -2.30. The fraction of sp³-hybridized carbons (Fsp3) is 0.667. The molecule has 106 valence electrons. The van der Waals surface area contributed by atoms with E-state index >= 15 is 0 Å². The van der Waals surface area contributed by atoms with Crippen LogP contribution in [0.4, 0.5) is 11.5 Å². The number of anilines is 2. The van der Waals surface area contributed by atoms with E-state index in [0.29, 0.717) is 6.54 Å². The van der Waals surface area contributed by atoms with Gasteiger partial charge in [0.15, 0.2) is 0 Å². The average Bonchev–Trinajstić information content (AvgIpc) is 2.83. The van der Waals surface area contributed by atoms with E-state index < -0.39 is 5.60 Å². The Balaban J connectivity index is 1.99. The number of pyridine rings is 1. The molecule has 0 spiro atoms. The minimum absolute atomic E-state index is 0.505. The molecule has 1 fully saturated rings. The molecule has 1 aliphatic rings. The lowest BCUT2D eigenvalue weighted by atomic mass is 10.0. The van der Waals surface area contributed by atoms with Crippen LogP contribution in [-0.4, -0.2) is 35.8 Å². The van der Waals surface area contributed by atoms with Crippen LogP contribution < -0.4 is 10.2 Å². The van der Waals surface area contributed by atoms with E-state index in [4.69, 9.17) is 0 Å². The summed E-state index contributed by atoms with van der Waals surface area (Å²) in [6.07, 6.45) is 7.03. The Labute approximate surface area is 115 Å². The number of hydrogen-bond acceptors (Lipinski definition) is 4. The van der Waals surface area contributed by atoms with Crippen molar-refractivity contribution in [2.24, 2.45) is 0 Å². The summed E-state index contributed by atoms with van der Waals surface area (Å²) < 4.78 is 0. The first-order chi connectivity index (χ1) is 9.13. The van der Waals surface area contributed by atoms with Crippen molar-refractivity contribution in [2.45, 2.75) is 44.6 Å². The molecule has 0 unspecified atom stereocenters. The Bertz CT molecular complexity index is 402. The molecule has 0 aromatic carbocycles. The molecular formula is C15H25N3O. The normalized spacial score (nSPS) is 17.4. The first-order valence-electron chi connectivity index (χ1n) is 7.26. The molecule has 2 N–H and O–H groups in total. The summed E-state index contributed by atoms with van der Waals surface area (Å²) in [5.41, 5.74) is 0.601. The van der Waals surface area contributed by atoms with Crippen LogP contribution >= 0.6 is 0 Å². The molecular weight excluding hydrogens is 238 g/mol. The van der Waals surface area contributed by atoms with Crippen LogP contribution in [0.25, 0.3) is 0 Å². The first kappa shape index (κ1) is 14.1. The minimum atomic E-state index is -0.505. The Kier molecular flexibility index (Phi) is 4.64. The quantitative estimate of drug-likeness (QED) is 0.828. The van der Waals surface area contributed by atoms with Gasteiger partial charge in [0.1, 0.15) is 5.82 Å². The molecule has 0 atom stereocenters. The minimum Gasteiger partial charge on any atom is -0.388 e. The summed E-state index contributed by atoms with van der Waals surface area (Å²) in [6.45, 7) is 3.77. The third-order valence-electron chi connectivity index (χ3n) is 3.81. The van der Waals surface area contributed by atoms with Crippen LogP contribution in [0.2, 0.25) is 0 Å². The standard InChI is InChI=1S/C15H25N3O/c1-3-9-16-14-11-13(6-10-17-14)18(2)12-15(19)7-4-5-8-15/h6,10-11,19H,3-5,7-9,12H2,1-2H3,(H,16,17). The van der Waals surface area contributed by atoms with Gasteiger partial charge in [-0.15, -0.1) is 0 Å². The van der Waals surface area contributed by atoms with E-state index in [9.17, 15) is 5.11 Å². The maximum atomic E-state index is 10.5. The Morgan fingerprint density at radius 2 is 2.16 bits per heavy atom. The lowest BCUT2D eigenvalue weighted by molar-refractivity contribution is 0.0559. The molecule has 1 saturated carbocycles. The van der Waals surface area contributed by atoms with Crippen molar-refractivity contribution in [1.82, 2.24) is 4.98 Å². The summed E-state index contributed by atoms with van der Waals surface area (Å²) in [6, 6.07) is 4.05. The molecule has 0 aliphatic heterocycles. The van der Waals surface area contributed by atoms with E-state index in [1.165, 1.54) is 0 Å². The van der Waals surface area contributed by atoms with E-state index in [-0.39, 0.29) is 0 Å². The van der Waals surface area contributed by atoms with Crippen molar-refractivity contribution in [1.29, 1.82) is 0 Å². The van der Waals surface area contributed by atoms with Gasteiger partial charge in [-0.3, -0.25) is 0 Å². The van der Waals surface area contributed by atoms with Crippen molar-refractivity contribution in [3.05, 3.63) is 18.3 Å². The SMILES string of the molecule is CCCNc1cc(N(C)CC2(O)CCCC2)ccn1. The van der Waals surface area contributed by atoms with Crippen LogP contribution in [0.5, 0.6) is 0 Å². The third-order valence-corrected chi connectivity index (χ3v) is 3.81. The highest BCUT2D eigenvalue weighted by Crippen LogP contribution is 2.31. The Hall–Kier alpha value is -1.29.